The van der Waals surface area contributed by atoms with Crippen LogP contribution in [0.1, 0.15) is 63.6 Å². The van der Waals surface area contributed by atoms with Gasteiger partial charge in [0.15, 0.2) is 0 Å². The van der Waals surface area contributed by atoms with Crippen LogP contribution in [0.2, 0.25) is 0 Å². The minimum Gasteiger partial charge on any atom is -0.453 e. The summed E-state index contributed by atoms with van der Waals surface area (Å²) in [5, 5.41) is 22.0. The van der Waals surface area contributed by atoms with Crippen molar-refractivity contribution in [3.8, 4) is 0 Å². The number of benzene rings is 3. The fourth-order valence-electron chi connectivity index (χ4n) is 7.58. The van der Waals surface area contributed by atoms with Crippen molar-refractivity contribution in [2.75, 3.05) is 20.2 Å². The van der Waals surface area contributed by atoms with Gasteiger partial charge < -0.3 is 35.6 Å². The second-order valence-electron chi connectivity index (χ2n) is 15.2. The Balaban J connectivity index is 1.38. The Kier molecular flexibility index (Phi) is 15.4. The standard InChI is InChI=1S/C45H58N6O6/c1-6-30(3)40(49-44(55)57-5)42(53)47-35(26-32-16-10-8-11-17-32)28-39(52)38(27-33-18-12-9-13-19-33)48-43(54)41(31(4)7-2)51-25-24-50(45(51)56)29-34-22-23-46-37-21-15-14-20-36(34)37/h8-23,30-31,35,38-41,52H,6-7,24-29H2,1-5H3,(H,47,53)(H,48,54)(H,49,55). The van der Waals surface area contributed by atoms with Gasteiger partial charge in [0.1, 0.15) is 12.1 Å². The van der Waals surface area contributed by atoms with Gasteiger partial charge in [-0.1, -0.05) is 119 Å². The topological polar surface area (TPSA) is 153 Å². The lowest BCUT2D eigenvalue weighted by atomic mass is 9.91. The minimum atomic E-state index is -1.10. The second-order valence-corrected chi connectivity index (χ2v) is 15.2. The third-order valence-corrected chi connectivity index (χ3v) is 11.3. The number of fused-ring (bicyclic) bond motifs is 1. The summed E-state index contributed by atoms with van der Waals surface area (Å²) >= 11 is 0. The lowest BCUT2D eigenvalue weighted by Crippen LogP contribution is -2.57. The van der Waals surface area contributed by atoms with Crippen molar-refractivity contribution in [1.29, 1.82) is 0 Å². The van der Waals surface area contributed by atoms with Crippen molar-refractivity contribution in [3.05, 3.63) is 114 Å². The first kappa shape index (κ1) is 42.6. The summed E-state index contributed by atoms with van der Waals surface area (Å²) in [4.78, 5) is 62.6. The number of pyridine rings is 1. The number of alkyl carbamates (subject to hydrolysis) is 1. The molecule has 12 heteroatoms. The number of hydrogen-bond acceptors (Lipinski definition) is 7. The lowest BCUT2D eigenvalue weighted by Gasteiger charge is -2.34. The van der Waals surface area contributed by atoms with Crippen molar-refractivity contribution < 1.29 is 29.0 Å². The smallest absolute Gasteiger partial charge is 0.407 e. The van der Waals surface area contributed by atoms with Gasteiger partial charge in [0.2, 0.25) is 11.8 Å². The number of para-hydroxylation sites is 1. The second kappa shape index (κ2) is 20.6. The highest BCUT2D eigenvalue weighted by molar-refractivity contribution is 5.89. The fourth-order valence-corrected chi connectivity index (χ4v) is 7.58. The predicted octanol–water partition coefficient (Wildman–Crippen LogP) is 5.86. The van der Waals surface area contributed by atoms with Crippen molar-refractivity contribution in [3.63, 3.8) is 0 Å². The maximum absolute atomic E-state index is 14.5. The molecule has 304 valence electrons. The van der Waals surface area contributed by atoms with E-state index in [1.807, 2.05) is 119 Å². The highest BCUT2D eigenvalue weighted by atomic mass is 16.5. The maximum atomic E-state index is 14.5. The number of rotatable bonds is 19. The van der Waals surface area contributed by atoms with Gasteiger partial charge in [-0.25, -0.2) is 9.59 Å². The van der Waals surface area contributed by atoms with Gasteiger partial charge in [-0.2, -0.15) is 0 Å². The number of hydrogen-bond donors (Lipinski definition) is 4. The molecule has 2 heterocycles. The number of aromatic nitrogens is 1. The average molecular weight is 779 g/mol. The zero-order valence-corrected chi connectivity index (χ0v) is 33.8. The Labute approximate surface area is 336 Å². The van der Waals surface area contributed by atoms with E-state index in [2.05, 4.69) is 20.9 Å². The number of nitrogens with zero attached hydrogens (tertiary/aromatic N) is 3. The van der Waals surface area contributed by atoms with E-state index in [-0.39, 0.29) is 36.1 Å². The van der Waals surface area contributed by atoms with Crippen LogP contribution in [-0.2, 0) is 33.7 Å². The summed E-state index contributed by atoms with van der Waals surface area (Å²) in [5.74, 6) is -1.09. The molecule has 0 radical (unpaired) electrons. The number of aliphatic hydroxyl groups excluding tert-OH is 1. The van der Waals surface area contributed by atoms with Gasteiger partial charge in [0.25, 0.3) is 0 Å². The van der Waals surface area contributed by atoms with E-state index in [1.165, 1.54) is 7.11 Å². The average Bonchev–Trinajstić information content (AvgIpc) is 3.58. The number of carbonyl (C=O) groups excluding carboxylic acids is 4. The zero-order chi connectivity index (χ0) is 40.9. The van der Waals surface area contributed by atoms with E-state index in [0.717, 1.165) is 27.6 Å². The first-order valence-corrected chi connectivity index (χ1v) is 20.1. The summed E-state index contributed by atoms with van der Waals surface area (Å²) < 4.78 is 4.81. The van der Waals surface area contributed by atoms with Crippen LogP contribution in [0.25, 0.3) is 10.9 Å². The van der Waals surface area contributed by atoms with Gasteiger partial charge >= 0.3 is 12.1 Å². The monoisotopic (exact) mass is 778 g/mol. The third kappa shape index (κ3) is 11.3. The Morgan fingerprint density at radius 1 is 0.789 bits per heavy atom. The molecule has 7 unspecified atom stereocenters. The number of nitrogens with one attached hydrogen (secondary N) is 3. The fraction of sp³-hybridized carbons (Fsp3) is 0.444. The molecule has 4 aromatic rings. The van der Waals surface area contributed by atoms with Gasteiger partial charge in [-0.15, -0.1) is 0 Å². The van der Waals surface area contributed by atoms with Crippen LogP contribution >= 0.6 is 0 Å². The predicted molar refractivity (Wildman–Crippen MR) is 221 cm³/mol. The molecule has 0 saturated carbocycles. The number of methoxy groups -OCH3 is 1. The van der Waals surface area contributed by atoms with Crippen LogP contribution in [-0.4, -0.2) is 94.3 Å². The van der Waals surface area contributed by atoms with E-state index >= 15 is 0 Å². The largest absolute Gasteiger partial charge is 0.453 e. The van der Waals surface area contributed by atoms with Crippen LogP contribution in [0.5, 0.6) is 0 Å². The SMILES string of the molecule is CCC(C)C(NC(=O)OC)C(=O)NC(Cc1ccccc1)CC(O)C(Cc1ccccc1)NC(=O)C(C(C)CC)N1CCN(Cc2ccnc3ccccc23)C1=O. The molecule has 0 bridgehead atoms. The normalized spacial score (nSPS) is 16.6. The highest BCUT2D eigenvalue weighted by Gasteiger charge is 2.41. The molecule has 5 amide bonds. The molecule has 1 aliphatic heterocycles. The third-order valence-electron chi connectivity index (χ3n) is 11.3. The maximum Gasteiger partial charge on any atom is 0.407 e. The molecule has 1 saturated heterocycles. The molecule has 12 nitrogen and oxygen atoms in total. The number of amides is 5. The number of aliphatic hydroxyl groups is 1. The molecule has 5 rings (SSSR count). The van der Waals surface area contributed by atoms with Crippen molar-refractivity contribution in [2.45, 2.75) is 96.6 Å². The van der Waals surface area contributed by atoms with Crippen molar-refractivity contribution in [1.82, 2.24) is 30.7 Å². The molecular formula is C45H58N6O6. The van der Waals surface area contributed by atoms with Gasteiger partial charge in [-0.3, -0.25) is 14.6 Å². The van der Waals surface area contributed by atoms with Gasteiger partial charge in [0.05, 0.1) is 24.8 Å². The first-order chi connectivity index (χ1) is 27.5. The van der Waals surface area contributed by atoms with E-state index in [1.54, 1.807) is 16.0 Å². The van der Waals surface area contributed by atoms with Crippen LogP contribution in [0, 0.1) is 11.8 Å². The Morgan fingerprint density at radius 3 is 2.07 bits per heavy atom. The Morgan fingerprint density at radius 2 is 1.42 bits per heavy atom. The Bertz CT molecular complexity index is 1920. The van der Waals surface area contributed by atoms with Crippen LogP contribution in [0.4, 0.5) is 9.59 Å². The molecule has 0 spiro atoms. The first-order valence-electron chi connectivity index (χ1n) is 20.1. The highest BCUT2D eigenvalue weighted by Crippen LogP contribution is 2.25. The molecule has 7 atom stereocenters. The van der Waals surface area contributed by atoms with Crippen molar-refractivity contribution in [2.24, 2.45) is 11.8 Å². The molecule has 1 aliphatic rings. The molecular weight excluding hydrogens is 721 g/mol. The van der Waals surface area contributed by atoms with E-state index in [0.29, 0.717) is 45.3 Å². The molecule has 3 aromatic carbocycles. The number of ether oxygens (including phenoxy) is 1. The lowest BCUT2D eigenvalue weighted by molar-refractivity contribution is -0.129. The van der Waals surface area contributed by atoms with Gasteiger partial charge in [-0.05, 0) is 59.9 Å². The number of carbonyl (C=O) groups is 4. The Hall–Kier alpha value is -5.49. The zero-order valence-electron chi connectivity index (χ0n) is 33.8. The summed E-state index contributed by atoms with van der Waals surface area (Å²) in [5.41, 5.74) is 3.71. The van der Waals surface area contributed by atoms with Crippen LogP contribution in [0.3, 0.4) is 0 Å². The molecule has 0 aliphatic carbocycles. The van der Waals surface area contributed by atoms with Gasteiger partial charge in [0, 0.05) is 37.3 Å². The summed E-state index contributed by atoms with van der Waals surface area (Å²) in [7, 11) is 1.25. The summed E-state index contributed by atoms with van der Waals surface area (Å²) in [6.07, 6.45) is 2.07. The summed E-state index contributed by atoms with van der Waals surface area (Å²) in [6, 6.07) is 25.9. The van der Waals surface area contributed by atoms with Crippen LogP contribution < -0.4 is 16.0 Å². The minimum absolute atomic E-state index is 0.105. The van der Waals surface area contributed by atoms with Crippen LogP contribution in [0.15, 0.2) is 97.2 Å². The molecule has 57 heavy (non-hydrogen) atoms. The van der Waals surface area contributed by atoms with E-state index in [4.69, 9.17) is 4.74 Å². The quantitative estimate of drug-likeness (QED) is 0.0930. The molecule has 1 fully saturated rings. The molecule has 4 N–H and O–H groups in total. The van der Waals surface area contributed by atoms with E-state index in [9.17, 15) is 24.3 Å². The number of urea groups is 1. The summed E-state index contributed by atoms with van der Waals surface area (Å²) in [6.45, 7) is 9.04. The van der Waals surface area contributed by atoms with Crippen molar-refractivity contribution >= 4 is 34.8 Å². The molecule has 1 aromatic heterocycles. The van der Waals surface area contributed by atoms with E-state index < -0.39 is 36.4 Å².